The van der Waals surface area contributed by atoms with E-state index < -0.39 is 5.97 Å². The predicted molar refractivity (Wildman–Crippen MR) is 70.5 cm³/mol. The quantitative estimate of drug-likeness (QED) is 0.857. The summed E-state index contributed by atoms with van der Waals surface area (Å²) in [5.74, 6) is -0.252. The van der Waals surface area contributed by atoms with Crippen molar-refractivity contribution in [2.24, 2.45) is 7.05 Å². The van der Waals surface area contributed by atoms with Crippen LogP contribution < -0.4 is 10.1 Å². The highest BCUT2D eigenvalue weighted by Crippen LogP contribution is 2.20. The highest BCUT2D eigenvalue weighted by atomic mass is 16.5. The number of aromatic carboxylic acids is 1. The lowest BCUT2D eigenvalue weighted by Crippen LogP contribution is -2.10. The largest absolute Gasteiger partial charge is 0.496 e. The molecule has 1 aromatic carbocycles. The Hall–Kier alpha value is -2.50. The Labute approximate surface area is 110 Å². The fourth-order valence-corrected chi connectivity index (χ4v) is 1.86. The summed E-state index contributed by atoms with van der Waals surface area (Å²) >= 11 is 0. The number of carboxylic acids is 1. The van der Waals surface area contributed by atoms with Crippen LogP contribution in [-0.4, -0.2) is 28.0 Å². The van der Waals surface area contributed by atoms with Crippen molar-refractivity contribution in [2.75, 3.05) is 12.4 Å². The lowest BCUT2D eigenvalue weighted by atomic mass is 10.2. The van der Waals surface area contributed by atoms with E-state index in [9.17, 15) is 4.79 Å². The molecule has 1 aromatic heterocycles. The van der Waals surface area contributed by atoms with E-state index in [1.165, 1.54) is 10.9 Å². The number of anilines is 1. The van der Waals surface area contributed by atoms with Crippen LogP contribution in [0.4, 0.5) is 5.69 Å². The summed E-state index contributed by atoms with van der Waals surface area (Å²) in [4.78, 5) is 11.1. The second kappa shape index (κ2) is 5.43. The van der Waals surface area contributed by atoms with Gasteiger partial charge < -0.3 is 15.2 Å². The van der Waals surface area contributed by atoms with Gasteiger partial charge in [0.25, 0.3) is 0 Å². The van der Waals surface area contributed by atoms with Gasteiger partial charge in [0.2, 0.25) is 0 Å². The first-order valence-electron chi connectivity index (χ1n) is 5.74. The molecule has 0 fully saturated rings. The van der Waals surface area contributed by atoms with Gasteiger partial charge in [-0.3, -0.25) is 4.68 Å². The average molecular weight is 261 g/mol. The normalized spacial score (nSPS) is 10.2. The van der Waals surface area contributed by atoms with Gasteiger partial charge in [-0.1, -0.05) is 18.2 Å². The van der Waals surface area contributed by atoms with Gasteiger partial charge in [0.15, 0.2) is 5.69 Å². The molecular weight excluding hydrogens is 246 g/mol. The van der Waals surface area contributed by atoms with Crippen LogP contribution in [0.1, 0.15) is 16.1 Å². The molecule has 1 heterocycles. The molecule has 6 nitrogen and oxygen atoms in total. The van der Waals surface area contributed by atoms with Gasteiger partial charge in [-0.25, -0.2) is 4.79 Å². The van der Waals surface area contributed by atoms with Gasteiger partial charge in [-0.15, -0.1) is 0 Å². The van der Waals surface area contributed by atoms with Crippen LogP contribution in [0.5, 0.6) is 5.75 Å². The Kier molecular flexibility index (Phi) is 3.70. The molecule has 0 radical (unpaired) electrons. The van der Waals surface area contributed by atoms with Crippen LogP contribution >= 0.6 is 0 Å². The van der Waals surface area contributed by atoms with Crippen molar-refractivity contribution in [3.8, 4) is 5.75 Å². The minimum atomic E-state index is -1.01. The molecule has 19 heavy (non-hydrogen) atoms. The van der Waals surface area contributed by atoms with E-state index in [4.69, 9.17) is 9.84 Å². The van der Waals surface area contributed by atoms with E-state index in [0.717, 1.165) is 11.3 Å². The molecule has 0 aliphatic rings. The summed E-state index contributed by atoms with van der Waals surface area (Å²) in [5, 5.41) is 16.1. The first-order valence-corrected chi connectivity index (χ1v) is 5.74. The Morgan fingerprint density at radius 1 is 1.47 bits per heavy atom. The molecule has 6 heteroatoms. The van der Waals surface area contributed by atoms with E-state index in [2.05, 4.69) is 10.4 Å². The molecule has 2 aromatic rings. The van der Waals surface area contributed by atoms with Crippen LogP contribution in [-0.2, 0) is 13.6 Å². The summed E-state index contributed by atoms with van der Waals surface area (Å²) in [6.45, 7) is 0.468. The van der Waals surface area contributed by atoms with Crippen molar-refractivity contribution >= 4 is 11.7 Å². The number of hydrogen-bond donors (Lipinski definition) is 2. The molecule has 0 aliphatic carbocycles. The van der Waals surface area contributed by atoms with Crippen molar-refractivity contribution in [1.82, 2.24) is 9.78 Å². The zero-order valence-corrected chi connectivity index (χ0v) is 10.8. The number of rotatable bonds is 5. The SMILES string of the molecule is COc1ccccc1CNc1cnn(C)c1C(=O)O. The molecular formula is C13H15N3O3. The van der Waals surface area contributed by atoms with E-state index in [-0.39, 0.29) is 5.69 Å². The lowest BCUT2D eigenvalue weighted by molar-refractivity contribution is 0.0686. The van der Waals surface area contributed by atoms with Gasteiger partial charge in [0.1, 0.15) is 5.75 Å². The molecule has 0 saturated carbocycles. The number of ether oxygens (including phenoxy) is 1. The van der Waals surface area contributed by atoms with Crippen LogP contribution in [0.15, 0.2) is 30.5 Å². The van der Waals surface area contributed by atoms with Gasteiger partial charge in [0.05, 0.1) is 19.0 Å². The minimum absolute atomic E-state index is 0.134. The standard InChI is InChI=1S/C13H15N3O3/c1-16-12(13(17)18)10(8-15-16)14-7-9-5-3-4-6-11(9)19-2/h3-6,8,14H,7H2,1-2H3,(H,17,18). The van der Waals surface area contributed by atoms with Crippen LogP contribution in [0.2, 0.25) is 0 Å². The molecule has 0 spiro atoms. The number of carbonyl (C=O) groups is 1. The van der Waals surface area contributed by atoms with Crippen molar-refractivity contribution in [2.45, 2.75) is 6.54 Å². The lowest BCUT2D eigenvalue weighted by Gasteiger charge is -2.09. The van der Waals surface area contributed by atoms with Crippen LogP contribution in [0.25, 0.3) is 0 Å². The molecule has 2 rings (SSSR count). The topological polar surface area (TPSA) is 76.4 Å². The summed E-state index contributed by atoms with van der Waals surface area (Å²) < 4.78 is 6.57. The number of methoxy groups -OCH3 is 1. The zero-order valence-electron chi connectivity index (χ0n) is 10.8. The van der Waals surface area contributed by atoms with Gasteiger partial charge in [-0.2, -0.15) is 5.10 Å². The van der Waals surface area contributed by atoms with Crippen molar-refractivity contribution in [3.63, 3.8) is 0 Å². The summed E-state index contributed by atoms with van der Waals surface area (Å²) in [6.07, 6.45) is 1.50. The number of aromatic nitrogens is 2. The number of para-hydroxylation sites is 1. The Bertz CT molecular complexity index is 593. The van der Waals surface area contributed by atoms with Crippen LogP contribution in [0.3, 0.4) is 0 Å². The predicted octanol–water partition coefficient (Wildman–Crippen LogP) is 1.74. The zero-order chi connectivity index (χ0) is 13.8. The van der Waals surface area contributed by atoms with Crippen LogP contribution in [0, 0.1) is 0 Å². The van der Waals surface area contributed by atoms with Crippen molar-refractivity contribution in [3.05, 3.63) is 41.7 Å². The van der Waals surface area contributed by atoms with E-state index >= 15 is 0 Å². The summed E-state index contributed by atoms with van der Waals surface area (Å²) in [5.41, 5.74) is 1.57. The number of hydrogen-bond acceptors (Lipinski definition) is 4. The molecule has 0 amide bonds. The number of aryl methyl sites for hydroxylation is 1. The highest BCUT2D eigenvalue weighted by Gasteiger charge is 2.15. The molecule has 0 bridgehead atoms. The monoisotopic (exact) mass is 261 g/mol. The first kappa shape index (κ1) is 12.9. The summed E-state index contributed by atoms with van der Waals surface area (Å²) in [6, 6.07) is 7.57. The average Bonchev–Trinajstić information content (AvgIpc) is 2.78. The fraction of sp³-hybridized carbons (Fsp3) is 0.231. The first-order chi connectivity index (χ1) is 9.13. The van der Waals surface area contributed by atoms with E-state index in [1.807, 2.05) is 24.3 Å². The third-order valence-electron chi connectivity index (χ3n) is 2.80. The van der Waals surface area contributed by atoms with Gasteiger partial charge >= 0.3 is 5.97 Å². The molecule has 2 N–H and O–H groups in total. The second-order valence-corrected chi connectivity index (χ2v) is 4.00. The molecule has 100 valence electrons. The Morgan fingerprint density at radius 3 is 2.89 bits per heavy atom. The maximum absolute atomic E-state index is 11.1. The smallest absolute Gasteiger partial charge is 0.356 e. The number of nitrogens with one attached hydrogen (secondary N) is 1. The van der Waals surface area contributed by atoms with E-state index in [1.54, 1.807) is 14.2 Å². The molecule has 0 unspecified atom stereocenters. The number of nitrogens with zero attached hydrogens (tertiary/aromatic N) is 2. The molecule has 0 saturated heterocycles. The molecule has 0 atom stereocenters. The Balaban J connectivity index is 2.17. The van der Waals surface area contributed by atoms with Crippen molar-refractivity contribution < 1.29 is 14.6 Å². The van der Waals surface area contributed by atoms with E-state index in [0.29, 0.717) is 12.2 Å². The number of carboxylic acid groups (broad SMARTS) is 1. The summed E-state index contributed by atoms with van der Waals surface area (Å²) in [7, 11) is 3.20. The van der Waals surface area contributed by atoms with Gasteiger partial charge in [0, 0.05) is 19.2 Å². The highest BCUT2D eigenvalue weighted by molar-refractivity contribution is 5.92. The third-order valence-corrected chi connectivity index (χ3v) is 2.80. The third kappa shape index (κ3) is 2.67. The maximum atomic E-state index is 11.1. The second-order valence-electron chi connectivity index (χ2n) is 4.00. The maximum Gasteiger partial charge on any atom is 0.356 e. The minimum Gasteiger partial charge on any atom is -0.496 e. The molecule has 0 aliphatic heterocycles. The fourth-order valence-electron chi connectivity index (χ4n) is 1.86. The van der Waals surface area contributed by atoms with Gasteiger partial charge in [-0.05, 0) is 6.07 Å². The number of benzene rings is 1. The Morgan fingerprint density at radius 2 is 2.21 bits per heavy atom. The van der Waals surface area contributed by atoms with Crippen molar-refractivity contribution in [1.29, 1.82) is 0 Å².